The van der Waals surface area contributed by atoms with Crippen LogP contribution < -0.4 is 0 Å². The lowest BCUT2D eigenvalue weighted by molar-refractivity contribution is 0.282. The maximum absolute atomic E-state index is 12.3. The van der Waals surface area contributed by atoms with Crippen LogP contribution in [-0.4, -0.2) is 31.4 Å². The molecule has 6 heteroatoms. The number of nitrogens with zero attached hydrogens (tertiary/aromatic N) is 1. The van der Waals surface area contributed by atoms with Gasteiger partial charge >= 0.3 is 0 Å². The Balaban J connectivity index is 1.96. The summed E-state index contributed by atoms with van der Waals surface area (Å²) < 4.78 is 26.0. The highest BCUT2D eigenvalue weighted by Crippen LogP contribution is 2.14. The van der Waals surface area contributed by atoms with Crippen LogP contribution in [0.15, 0.2) is 41.8 Å². The molecule has 0 fully saturated rings. The number of likely N-dealkylation sites (N-methyl/N-ethyl adjacent to an activating group) is 1. The van der Waals surface area contributed by atoms with E-state index in [9.17, 15) is 8.42 Å². The minimum Gasteiger partial charge on any atom is -0.392 e. The molecule has 0 aliphatic carbocycles. The molecule has 0 aliphatic rings. The fourth-order valence-corrected chi connectivity index (χ4v) is 3.82. The quantitative estimate of drug-likeness (QED) is 0.849. The number of thiophene rings is 1. The van der Waals surface area contributed by atoms with Crippen molar-refractivity contribution in [3.63, 3.8) is 0 Å². The van der Waals surface area contributed by atoms with Crippen molar-refractivity contribution in [2.45, 2.75) is 18.8 Å². The zero-order valence-corrected chi connectivity index (χ0v) is 13.5. The number of aliphatic hydroxyl groups is 1. The summed E-state index contributed by atoms with van der Waals surface area (Å²) in [5.41, 5.74) is 1.51. The first-order valence-electron chi connectivity index (χ1n) is 6.66. The van der Waals surface area contributed by atoms with Gasteiger partial charge in [-0.15, -0.1) is 11.3 Å². The van der Waals surface area contributed by atoms with Crippen LogP contribution >= 0.6 is 11.3 Å². The largest absolute Gasteiger partial charge is 0.392 e. The molecule has 0 aliphatic heterocycles. The molecule has 0 atom stereocenters. The van der Waals surface area contributed by atoms with Gasteiger partial charge in [-0.3, -0.25) is 0 Å². The van der Waals surface area contributed by atoms with E-state index >= 15 is 0 Å². The number of benzene rings is 1. The zero-order chi connectivity index (χ0) is 15.3. The summed E-state index contributed by atoms with van der Waals surface area (Å²) in [5.74, 6) is -0.0142. The summed E-state index contributed by atoms with van der Waals surface area (Å²) in [6.07, 6.45) is 0.733. The molecule has 2 rings (SSSR count). The molecule has 1 heterocycles. The van der Waals surface area contributed by atoms with E-state index in [-0.39, 0.29) is 12.4 Å². The second kappa shape index (κ2) is 7.17. The molecule has 4 nitrogen and oxygen atoms in total. The molecule has 0 saturated heterocycles. The molecule has 0 spiro atoms. The van der Waals surface area contributed by atoms with Crippen LogP contribution in [0.5, 0.6) is 0 Å². The number of hydrogen-bond acceptors (Lipinski definition) is 4. The maximum Gasteiger partial charge on any atom is 0.218 e. The van der Waals surface area contributed by atoms with Crippen LogP contribution in [0.1, 0.15) is 16.0 Å². The van der Waals surface area contributed by atoms with E-state index in [1.54, 1.807) is 42.6 Å². The summed E-state index contributed by atoms with van der Waals surface area (Å²) in [6, 6.07) is 11.0. The van der Waals surface area contributed by atoms with Gasteiger partial charge in [-0.25, -0.2) is 12.7 Å². The first-order valence-corrected chi connectivity index (χ1v) is 9.15. The van der Waals surface area contributed by atoms with Gasteiger partial charge < -0.3 is 5.11 Å². The SMILES string of the molecule is CN(CCc1cccs1)S(=O)(=O)Cc1ccc(CO)cc1. The monoisotopic (exact) mass is 325 g/mol. The van der Waals surface area contributed by atoms with Crippen molar-refractivity contribution in [1.82, 2.24) is 4.31 Å². The Morgan fingerprint density at radius 3 is 2.38 bits per heavy atom. The molecule has 114 valence electrons. The summed E-state index contributed by atoms with van der Waals surface area (Å²) >= 11 is 1.64. The molecule has 1 aromatic heterocycles. The minimum atomic E-state index is -3.31. The average molecular weight is 325 g/mol. The van der Waals surface area contributed by atoms with E-state index in [1.807, 2.05) is 17.5 Å². The van der Waals surface area contributed by atoms with Gasteiger partial charge in [0, 0.05) is 18.5 Å². The predicted molar refractivity (Wildman–Crippen MR) is 85.6 cm³/mol. The number of sulfonamides is 1. The van der Waals surface area contributed by atoms with Gasteiger partial charge in [0.1, 0.15) is 0 Å². The Morgan fingerprint density at radius 1 is 1.14 bits per heavy atom. The topological polar surface area (TPSA) is 57.6 Å². The van der Waals surface area contributed by atoms with Crippen LogP contribution in [0, 0.1) is 0 Å². The lowest BCUT2D eigenvalue weighted by Crippen LogP contribution is -2.30. The van der Waals surface area contributed by atoms with Crippen molar-refractivity contribution in [2.24, 2.45) is 0 Å². The molecule has 0 bridgehead atoms. The van der Waals surface area contributed by atoms with E-state index in [2.05, 4.69) is 0 Å². The van der Waals surface area contributed by atoms with Crippen LogP contribution in [-0.2, 0) is 28.8 Å². The molecular weight excluding hydrogens is 306 g/mol. The number of hydrogen-bond donors (Lipinski definition) is 1. The second-order valence-corrected chi connectivity index (χ2v) is 7.99. The van der Waals surface area contributed by atoms with Gasteiger partial charge in [-0.2, -0.15) is 0 Å². The van der Waals surface area contributed by atoms with Gasteiger partial charge in [-0.05, 0) is 29.0 Å². The normalized spacial score (nSPS) is 12.0. The molecule has 1 aromatic carbocycles. The second-order valence-electron chi connectivity index (χ2n) is 4.88. The van der Waals surface area contributed by atoms with Gasteiger partial charge in [0.2, 0.25) is 10.0 Å². The lowest BCUT2D eigenvalue weighted by Gasteiger charge is -2.16. The third kappa shape index (κ3) is 4.64. The van der Waals surface area contributed by atoms with Crippen LogP contribution in [0.3, 0.4) is 0 Å². The predicted octanol–water partition coefficient (Wildman–Crippen LogP) is 2.24. The third-order valence-corrected chi connectivity index (χ3v) is 6.05. The Morgan fingerprint density at radius 2 is 1.81 bits per heavy atom. The third-order valence-electron chi connectivity index (χ3n) is 3.28. The molecular formula is C15H19NO3S2. The molecule has 0 amide bonds. The highest BCUT2D eigenvalue weighted by molar-refractivity contribution is 7.88. The van der Waals surface area contributed by atoms with E-state index in [4.69, 9.17) is 5.11 Å². The van der Waals surface area contributed by atoms with Crippen LogP contribution in [0.4, 0.5) is 0 Å². The summed E-state index contributed by atoms with van der Waals surface area (Å²) in [7, 11) is -1.69. The molecule has 0 unspecified atom stereocenters. The van der Waals surface area contributed by atoms with Crippen molar-refractivity contribution < 1.29 is 13.5 Å². The summed E-state index contributed by atoms with van der Waals surface area (Å²) in [4.78, 5) is 1.18. The average Bonchev–Trinajstić information content (AvgIpc) is 2.98. The molecule has 21 heavy (non-hydrogen) atoms. The Kier molecular flexibility index (Phi) is 5.52. The summed E-state index contributed by atoms with van der Waals surface area (Å²) in [6.45, 7) is 0.450. The number of rotatable bonds is 7. The maximum atomic E-state index is 12.3. The molecule has 0 radical (unpaired) electrons. The van der Waals surface area contributed by atoms with Gasteiger partial charge in [0.15, 0.2) is 0 Å². The van der Waals surface area contributed by atoms with Crippen molar-refractivity contribution in [3.05, 3.63) is 57.8 Å². The van der Waals surface area contributed by atoms with Gasteiger partial charge in [0.25, 0.3) is 0 Å². The highest BCUT2D eigenvalue weighted by Gasteiger charge is 2.18. The smallest absolute Gasteiger partial charge is 0.218 e. The van der Waals surface area contributed by atoms with Gasteiger partial charge in [0.05, 0.1) is 12.4 Å². The lowest BCUT2D eigenvalue weighted by atomic mass is 10.2. The van der Waals surface area contributed by atoms with E-state index in [0.29, 0.717) is 6.54 Å². The standard InChI is InChI=1S/C15H19NO3S2/c1-16(9-8-15-3-2-10-20-15)21(18,19)12-14-6-4-13(11-17)5-7-14/h2-7,10,17H,8-9,11-12H2,1H3. The minimum absolute atomic E-state index is 0.0142. The molecule has 0 saturated carbocycles. The zero-order valence-electron chi connectivity index (χ0n) is 11.9. The van der Waals surface area contributed by atoms with Crippen LogP contribution in [0.2, 0.25) is 0 Å². The summed E-state index contributed by atoms with van der Waals surface area (Å²) in [5, 5.41) is 11.0. The number of aliphatic hydroxyl groups excluding tert-OH is 1. The van der Waals surface area contributed by atoms with Crippen molar-refractivity contribution in [3.8, 4) is 0 Å². The molecule has 1 N–H and O–H groups in total. The van der Waals surface area contributed by atoms with Gasteiger partial charge in [-0.1, -0.05) is 30.3 Å². The van der Waals surface area contributed by atoms with Crippen molar-refractivity contribution in [1.29, 1.82) is 0 Å². The fraction of sp³-hybridized carbons (Fsp3) is 0.333. The van der Waals surface area contributed by atoms with E-state index in [1.165, 1.54) is 9.18 Å². The fourth-order valence-electron chi connectivity index (χ4n) is 1.92. The highest BCUT2D eigenvalue weighted by atomic mass is 32.2. The Labute approximate surface area is 129 Å². The van der Waals surface area contributed by atoms with Crippen LogP contribution in [0.25, 0.3) is 0 Å². The first kappa shape index (κ1) is 16.2. The Hall–Kier alpha value is -1.21. The molecule has 2 aromatic rings. The Bertz CT molecular complexity index is 649. The van der Waals surface area contributed by atoms with Crippen molar-refractivity contribution >= 4 is 21.4 Å². The first-order chi connectivity index (χ1) is 10.0. The van der Waals surface area contributed by atoms with E-state index in [0.717, 1.165) is 17.5 Å². The van der Waals surface area contributed by atoms with Crippen molar-refractivity contribution in [2.75, 3.05) is 13.6 Å². The van der Waals surface area contributed by atoms with E-state index < -0.39 is 10.0 Å².